The molecule has 1 atom stereocenters. The predicted molar refractivity (Wildman–Crippen MR) is 115 cm³/mol. The van der Waals surface area contributed by atoms with Crippen LogP contribution in [-0.4, -0.2) is 29.8 Å². The highest BCUT2D eigenvalue weighted by molar-refractivity contribution is 7.18. The van der Waals surface area contributed by atoms with E-state index in [9.17, 15) is 9.59 Å². The summed E-state index contributed by atoms with van der Waals surface area (Å²) in [4.78, 5) is 31.0. The maximum absolute atomic E-state index is 12.9. The number of anilines is 3. The highest BCUT2D eigenvalue weighted by atomic mass is 35.5. The van der Waals surface area contributed by atoms with Crippen LogP contribution in [0.25, 0.3) is 0 Å². The molecule has 0 spiro atoms. The van der Waals surface area contributed by atoms with Crippen molar-refractivity contribution in [3.8, 4) is 5.75 Å². The lowest BCUT2D eigenvalue weighted by Crippen LogP contribution is -2.39. The first-order valence-electron chi connectivity index (χ1n) is 8.61. The molecule has 1 aromatic heterocycles. The number of ketones is 1. The molecule has 0 fully saturated rings. The van der Waals surface area contributed by atoms with Gasteiger partial charge in [-0.15, -0.1) is 0 Å². The molecule has 3 rings (SSSR count). The van der Waals surface area contributed by atoms with E-state index in [2.05, 4.69) is 4.98 Å². The maximum atomic E-state index is 12.9. The number of carbonyl (C=O) groups is 2. The van der Waals surface area contributed by atoms with Crippen LogP contribution in [0.4, 0.5) is 16.6 Å². The van der Waals surface area contributed by atoms with E-state index in [1.807, 2.05) is 0 Å². The van der Waals surface area contributed by atoms with Gasteiger partial charge in [-0.1, -0.05) is 22.9 Å². The van der Waals surface area contributed by atoms with Crippen LogP contribution in [0.2, 0.25) is 5.02 Å². The number of aromatic nitrogens is 1. The zero-order valence-corrected chi connectivity index (χ0v) is 17.3. The van der Waals surface area contributed by atoms with E-state index >= 15 is 0 Å². The first kappa shape index (κ1) is 20.6. The van der Waals surface area contributed by atoms with Crippen LogP contribution in [0.15, 0.2) is 48.5 Å². The summed E-state index contributed by atoms with van der Waals surface area (Å²) in [7, 11) is 1.55. The van der Waals surface area contributed by atoms with Gasteiger partial charge < -0.3 is 21.1 Å². The summed E-state index contributed by atoms with van der Waals surface area (Å²) in [5.41, 5.74) is 12.7. The molecule has 0 unspecified atom stereocenters. The Bertz CT molecular complexity index is 1030. The zero-order chi connectivity index (χ0) is 21.1. The molecule has 29 heavy (non-hydrogen) atoms. The van der Waals surface area contributed by atoms with Gasteiger partial charge in [0.2, 0.25) is 11.7 Å². The standard InChI is InChI=1S/C20H19ClN4O3S/c1-11(19(23)27)25(14-7-5-13(21)6-8-14)20-24-18(22)17(29-20)16(26)12-3-9-15(28-2)10-4-12/h3-11H,22H2,1-2H3,(H2,23,27)/t11-/m1/s1. The topological polar surface area (TPSA) is 112 Å². The Labute approximate surface area is 176 Å². The van der Waals surface area contributed by atoms with Gasteiger partial charge in [-0.2, -0.15) is 0 Å². The summed E-state index contributed by atoms with van der Waals surface area (Å²) in [5.74, 6) is -0.0846. The summed E-state index contributed by atoms with van der Waals surface area (Å²) in [6.45, 7) is 1.65. The minimum atomic E-state index is -0.717. The Morgan fingerprint density at radius 2 is 1.76 bits per heavy atom. The number of hydrogen-bond donors (Lipinski definition) is 2. The first-order chi connectivity index (χ1) is 13.8. The number of carbonyl (C=O) groups excluding carboxylic acids is 2. The number of primary amides is 1. The molecule has 2 aromatic carbocycles. The number of nitrogens with zero attached hydrogens (tertiary/aromatic N) is 2. The molecule has 0 aliphatic rings. The quantitative estimate of drug-likeness (QED) is 0.553. The summed E-state index contributed by atoms with van der Waals surface area (Å²) in [6, 6.07) is 12.9. The molecular weight excluding hydrogens is 412 g/mol. The van der Waals surface area contributed by atoms with Gasteiger partial charge in [0.15, 0.2) is 5.13 Å². The van der Waals surface area contributed by atoms with E-state index in [1.165, 1.54) is 0 Å². The van der Waals surface area contributed by atoms with Crippen LogP contribution < -0.4 is 21.1 Å². The molecule has 3 aromatic rings. The molecule has 0 saturated carbocycles. The third-order valence-electron chi connectivity index (χ3n) is 4.31. The fourth-order valence-corrected chi connectivity index (χ4v) is 3.86. The van der Waals surface area contributed by atoms with Gasteiger partial charge in [-0.05, 0) is 55.5 Å². The molecular formula is C20H19ClN4O3S. The molecule has 0 bridgehead atoms. The van der Waals surface area contributed by atoms with Crippen LogP contribution in [-0.2, 0) is 4.79 Å². The number of halogens is 1. The van der Waals surface area contributed by atoms with Crippen molar-refractivity contribution in [1.29, 1.82) is 0 Å². The minimum Gasteiger partial charge on any atom is -0.497 e. The SMILES string of the molecule is COc1ccc(C(=O)c2sc(N(c3ccc(Cl)cc3)[C@H](C)C(N)=O)nc2N)cc1. The van der Waals surface area contributed by atoms with Crippen molar-refractivity contribution < 1.29 is 14.3 Å². The third-order valence-corrected chi connectivity index (χ3v) is 5.63. The Balaban J connectivity index is 2.01. The molecule has 0 saturated heterocycles. The number of ether oxygens (including phenoxy) is 1. The second-order valence-corrected chi connectivity index (χ2v) is 7.61. The van der Waals surface area contributed by atoms with E-state index in [-0.39, 0.29) is 16.5 Å². The molecule has 7 nitrogen and oxygen atoms in total. The lowest BCUT2D eigenvalue weighted by molar-refractivity contribution is -0.118. The molecule has 1 amide bonds. The van der Waals surface area contributed by atoms with Crippen LogP contribution in [0.5, 0.6) is 5.75 Å². The van der Waals surface area contributed by atoms with Crippen molar-refractivity contribution in [2.45, 2.75) is 13.0 Å². The normalized spacial score (nSPS) is 11.7. The zero-order valence-electron chi connectivity index (χ0n) is 15.8. The molecule has 0 radical (unpaired) electrons. The van der Waals surface area contributed by atoms with E-state index < -0.39 is 11.9 Å². The van der Waals surface area contributed by atoms with Crippen LogP contribution >= 0.6 is 22.9 Å². The second-order valence-electron chi connectivity index (χ2n) is 6.19. The Hall–Kier alpha value is -3.10. The van der Waals surface area contributed by atoms with E-state index in [0.29, 0.717) is 27.2 Å². The van der Waals surface area contributed by atoms with Gasteiger partial charge in [-0.3, -0.25) is 9.59 Å². The van der Waals surface area contributed by atoms with E-state index in [0.717, 1.165) is 11.3 Å². The number of hydrogen-bond acceptors (Lipinski definition) is 7. The first-order valence-corrected chi connectivity index (χ1v) is 9.80. The van der Waals surface area contributed by atoms with Gasteiger partial charge >= 0.3 is 0 Å². The van der Waals surface area contributed by atoms with Gasteiger partial charge in [0.1, 0.15) is 22.5 Å². The summed E-state index contributed by atoms with van der Waals surface area (Å²) in [5, 5.41) is 0.933. The monoisotopic (exact) mass is 430 g/mol. The van der Waals surface area contributed by atoms with Crippen LogP contribution in [0.3, 0.4) is 0 Å². The summed E-state index contributed by atoms with van der Waals surface area (Å²) >= 11 is 7.06. The van der Waals surface area contributed by atoms with Crippen LogP contribution in [0.1, 0.15) is 22.2 Å². The molecule has 150 valence electrons. The van der Waals surface area contributed by atoms with Crippen molar-refractivity contribution in [2.75, 3.05) is 17.7 Å². The lowest BCUT2D eigenvalue weighted by Gasteiger charge is -2.26. The molecule has 4 N–H and O–H groups in total. The highest BCUT2D eigenvalue weighted by Gasteiger charge is 2.27. The van der Waals surface area contributed by atoms with Gasteiger partial charge in [0, 0.05) is 16.3 Å². The number of methoxy groups -OCH3 is 1. The van der Waals surface area contributed by atoms with Crippen molar-refractivity contribution in [3.05, 3.63) is 64.0 Å². The van der Waals surface area contributed by atoms with Crippen molar-refractivity contribution in [3.63, 3.8) is 0 Å². The van der Waals surface area contributed by atoms with Crippen LogP contribution in [0, 0.1) is 0 Å². The van der Waals surface area contributed by atoms with Gasteiger partial charge in [0.25, 0.3) is 0 Å². The number of rotatable bonds is 7. The Morgan fingerprint density at radius 3 is 2.31 bits per heavy atom. The Kier molecular flexibility index (Phi) is 6.05. The average molecular weight is 431 g/mol. The largest absolute Gasteiger partial charge is 0.497 e. The highest BCUT2D eigenvalue weighted by Crippen LogP contribution is 2.36. The second kappa shape index (κ2) is 8.50. The van der Waals surface area contributed by atoms with E-state index in [1.54, 1.807) is 67.5 Å². The third kappa shape index (κ3) is 4.33. The fourth-order valence-electron chi connectivity index (χ4n) is 2.69. The number of thiazole rings is 1. The molecule has 9 heteroatoms. The lowest BCUT2D eigenvalue weighted by atomic mass is 10.1. The van der Waals surface area contributed by atoms with Crippen molar-refractivity contribution >= 4 is 51.3 Å². The predicted octanol–water partition coefficient (Wildman–Crippen LogP) is 3.63. The van der Waals surface area contributed by atoms with Crippen molar-refractivity contribution in [2.24, 2.45) is 5.73 Å². The van der Waals surface area contributed by atoms with E-state index in [4.69, 9.17) is 27.8 Å². The summed E-state index contributed by atoms with van der Waals surface area (Å²) in [6.07, 6.45) is 0. The number of amides is 1. The number of nitrogens with two attached hydrogens (primary N) is 2. The van der Waals surface area contributed by atoms with Gasteiger partial charge in [0.05, 0.1) is 7.11 Å². The minimum absolute atomic E-state index is 0.0847. The van der Waals surface area contributed by atoms with Crippen molar-refractivity contribution in [1.82, 2.24) is 4.98 Å². The fraction of sp³-hybridized carbons (Fsp3) is 0.150. The molecule has 0 aliphatic heterocycles. The smallest absolute Gasteiger partial charge is 0.240 e. The summed E-state index contributed by atoms with van der Waals surface area (Å²) < 4.78 is 5.11. The number of nitrogen functional groups attached to an aromatic ring is 1. The van der Waals surface area contributed by atoms with Gasteiger partial charge in [-0.25, -0.2) is 4.98 Å². The molecule has 1 heterocycles. The average Bonchev–Trinajstić information content (AvgIpc) is 3.10. The Morgan fingerprint density at radius 1 is 1.14 bits per heavy atom. The number of benzene rings is 2. The maximum Gasteiger partial charge on any atom is 0.240 e. The molecule has 0 aliphatic carbocycles.